The fraction of sp³-hybridized carbons (Fsp3) is 0.909. The van der Waals surface area contributed by atoms with Crippen LogP contribution < -0.4 is 0 Å². The summed E-state index contributed by atoms with van der Waals surface area (Å²) in [7, 11) is 0. The fourth-order valence-electron chi connectivity index (χ4n) is 2.53. The highest BCUT2D eigenvalue weighted by atomic mass is 32.2. The van der Waals surface area contributed by atoms with Crippen LogP contribution in [0.5, 0.6) is 0 Å². The molecule has 0 amide bonds. The van der Waals surface area contributed by atoms with E-state index in [9.17, 15) is 4.79 Å². The zero-order valence-electron chi connectivity index (χ0n) is 9.03. The molecule has 3 heteroatoms. The summed E-state index contributed by atoms with van der Waals surface area (Å²) in [5.41, 5.74) is 0. The highest BCUT2D eigenvalue weighted by molar-refractivity contribution is 7.99. The van der Waals surface area contributed by atoms with Crippen molar-refractivity contribution < 1.29 is 4.79 Å². The monoisotopic (exact) mass is 213 g/mol. The Kier molecular flexibility index (Phi) is 3.17. The Morgan fingerprint density at radius 3 is 2.86 bits per heavy atom. The zero-order chi connectivity index (χ0) is 10.1. The molecule has 3 unspecified atom stereocenters. The molecule has 80 valence electrons. The summed E-state index contributed by atoms with van der Waals surface area (Å²) in [5, 5.41) is 0. The Hall–Kier alpha value is -0.0200. The molecule has 0 spiro atoms. The Balaban J connectivity index is 2.01. The maximum Gasteiger partial charge on any atom is 0.138 e. The molecule has 0 aromatic rings. The highest BCUT2D eigenvalue weighted by Crippen LogP contribution is 2.29. The van der Waals surface area contributed by atoms with Gasteiger partial charge in [-0.1, -0.05) is 6.92 Å². The maximum absolute atomic E-state index is 11.5. The van der Waals surface area contributed by atoms with Crippen LogP contribution in [-0.4, -0.2) is 40.8 Å². The van der Waals surface area contributed by atoms with Gasteiger partial charge in [0.2, 0.25) is 0 Å². The molecule has 2 saturated heterocycles. The van der Waals surface area contributed by atoms with Crippen LogP contribution >= 0.6 is 11.8 Å². The number of piperidine rings is 1. The zero-order valence-corrected chi connectivity index (χ0v) is 9.85. The largest absolute Gasteiger partial charge is 0.299 e. The number of hydrogen-bond acceptors (Lipinski definition) is 3. The predicted octanol–water partition coefficient (Wildman–Crippen LogP) is 1.79. The normalized spacial score (nSPS) is 40.4. The first-order chi connectivity index (χ1) is 6.70. The van der Waals surface area contributed by atoms with Crippen molar-refractivity contribution in [1.82, 2.24) is 4.90 Å². The Labute approximate surface area is 90.4 Å². The van der Waals surface area contributed by atoms with Crippen LogP contribution in [0.2, 0.25) is 0 Å². The van der Waals surface area contributed by atoms with Crippen molar-refractivity contribution in [1.29, 1.82) is 0 Å². The minimum absolute atomic E-state index is 0.245. The standard InChI is InChI=1S/C11H19NOS/c1-8-9(2)12(5-3-11(8)13)10-4-6-14-7-10/h8-10H,3-7H2,1-2H3. The number of Topliss-reactive ketones (excluding diaryl/α,β-unsaturated/α-hetero) is 1. The molecule has 2 aliphatic rings. The Bertz CT molecular complexity index is 225. The topological polar surface area (TPSA) is 20.3 Å². The Morgan fingerprint density at radius 1 is 1.43 bits per heavy atom. The molecule has 0 radical (unpaired) electrons. The van der Waals surface area contributed by atoms with Gasteiger partial charge in [-0.25, -0.2) is 0 Å². The third kappa shape index (κ3) is 1.84. The van der Waals surface area contributed by atoms with Crippen molar-refractivity contribution in [3.05, 3.63) is 0 Å². The molecular formula is C11H19NOS. The predicted molar refractivity (Wildman–Crippen MR) is 60.7 cm³/mol. The first-order valence-electron chi connectivity index (χ1n) is 5.56. The van der Waals surface area contributed by atoms with Gasteiger partial charge in [-0.05, 0) is 19.1 Å². The average Bonchev–Trinajstić information content (AvgIpc) is 2.67. The van der Waals surface area contributed by atoms with Gasteiger partial charge < -0.3 is 0 Å². The van der Waals surface area contributed by atoms with Gasteiger partial charge in [0.15, 0.2) is 0 Å². The van der Waals surface area contributed by atoms with Crippen molar-refractivity contribution in [3.63, 3.8) is 0 Å². The summed E-state index contributed by atoms with van der Waals surface area (Å²) >= 11 is 2.05. The third-order valence-corrected chi connectivity index (χ3v) is 4.89. The number of likely N-dealkylation sites (tertiary alicyclic amines) is 1. The van der Waals surface area contributed by atoms with Gasteiger partial charge >= 0.3 is 0 Å². The van der Waals surface area contributed by atoms with Crippen LogP contribution in [0, 0.1) is 5.92 Å². The van der Waals surface area contributed by atoms with Crippen molar-refractivity contribution in [2.24, 2.45) is 5.92 Å². The van der Waals surface area contributed by atoms with Crippen molar-refractivity contribution in [2.75, 3.05) is 18.1 Å². The van der Waals surface area contributed by atoms with Gasteiger partial charge in [0.25, 0.3) is 0 Å². The summed E-state index contributed by atoms with van der Waals surface area (Å²) in [6.07, 6.45) is 2.09. The minimum atomic E-state index is 0.245. The van der Waals surface area contributed by atoms with Gasteiger partial charge in [0, 0.05) is 36.7 Å². The summed E-state index contributed by atoms with van der Waals surface area (Å²) in [4.78, 5) is 14.1. The summed E-state index contributed by atoms with van der Waals surface area (Å²) in [6.45, 7) is 5.29. The molecule has 14 heavy (non-hydrogen) atoms. The maximum atomic E-state index is 11.5. The number of carbonyl (C=O) groups excluding carboxylic acids is 1. The first kappa shape index (κ1) is 10.5. The second-order valence-corrected chi connectivity index (χ2v) is 5.65. The van der Waals surface area contributed by atoms with Crippen LogP contribution in [0.1, 0.15) is 26.7 Å². The van der Waals surface area contributed by atoms with E-state index in [2.05, 4.69) is 30.5 Å². The quantitative estimate of drug-likeness (QED) is 0.662. The average molecular weight is 213 g/mol. The van der Waals surface area contributed by atoms with Gasteiger partial charge in [-0.2, -0.15) is 11.8 Å². The summed E-state index contributed by atoms with van der Waals surface area (Å²) < 4.78 is 0. The summed E-state index contributed by atoms with van der Waals surface area (Å²) in [5.74, 6) is 3.27. The Morgan fingerprint density at radius 2 is 2.21 bits per heavy atom. The van der Waals surface area contributed by atoms with E-state index in [1.165, 1.54) is 17.9 Å². The highest BCUT2D eigenvalue weighted by Gasteiger charge is 2.35. The molecule has 2 heterocycles. The van der Waals surface area contributed by atoms with E-state index in [0.29, 0.717) is 11.8 Å². The molecule has 0 aromatic heterocycles. The number of hydrogen-bond donors (Lipinski definition) is 0. The molecule has 2 nitrogen and oxygen atoms in total. The lowest BCUT2D eigenvalue weighted by molar-refractivity contribution is -0.128. The molecule has 0 N–H and O–H groups in total. The molecule has 2 rings (SSSR count). The lowest BCUT2D eigenvalue weighted by Gasteiger charge is -2.40. The van der Waals surface area contributed by atoms with E-state index in [4.69, 9.17) is 0 Å². The second-order valence-electron chi connectivity index (χ2n) is 4.50. The lowest BCUT2D eigenvalue weighted by atomic mass is 9.89. The van der Waals surface area contributed by atoms with Crippen LogP contribution in [0.3, 0.4) is 0 Å². The van der Waals surface area contributed by atoms with E-state index >= 15 is 0 Å². The first-order valence-corrected chi connectivity index (χ1v) is 6.72. The molecule has 2 fully saturated rings. The van der Waals surface area contributed by atoms with Gasteiger partial charge in [0.1, 0.15) is 5.78 Å². The van der Waals surface area contributed by atoms with E-state index < -0.39 is 0 Å². The van der Waals surface area contributed by atoms with Crippen LogP contribution in [-0.2, 0) is 4.79 Å². The van der Waals surface area contributed by atoms with E-state index in [1.807, 2.05) is 0 Å². The molecule has 0 saturated carbocycles. The van der Waals surface area contributed by atoms with Crippen molar-refractivity contribution >= 4 is 17.5 Å². The third-order valence-electron chi connectivity index (χ3n) is 3.75. The number of nitrogens with zero attached hydrogens (tertiary/aromatic N) is 1. The molecule has 3 atom stereocenters. The van der Waals surface area contributed by atoms with Crippen molar-refractivity contribution in [2.45, 2.75) is 38.8 Å². The molecule has 2 aliphatic heterocycles. The van der Waals surface area contributed by atoms with Gasteiger partial charge in [-0.3, -0.25) is 9.69 Å². The minimum Gasteiger partial charge on any atom is -0.299 e. The number of rotatable bonds is 1. The lowest BCUT2D eigenvalue weighted by Crippen LogP contribution is -2.51. The van der Waals surface area contributed by atoms with Crippen LogP contribution in [0.15, 0.2) is 0 Å². The van der Waals surface area contributed by atoms with E-state index in [0.717, 1.165) is 19.0 Å². The SMILES string of the molecule is CC1C(=O)CCN(C2CCSC2)C1C. The molecule has 0 bridgehead atoms. The summed E-state index contributed by atoms with van der Waals surface area (Å²) in [6, 6.07) is 1.20. The number of carbonyl (C=O) groups is 1. The van der Waals surface area contributed by atoms with E-state index in [1.54, 1.807) is 0 Å². The van der Waals surface area contributed by atoms with Crippen LogP contribution in [0.25, 0.3) is 0 Å². The second kappa shape index (κ2) is 4.23. The number of ketones is 1. The van der Waals surface area contributed by atoms with E-state index in [-0.39, 0.29) is 5.92 Å². The van der Waals surface area contributed by atoms with Crippen molar-refractivity contribution in [3.8, 4) is 0 Å². The molecule has 0 aliphatic carbocycles. The van der Waals surface area contributed by atoms with Crippen LogP contribution in [0.4, 0.5) is 0 Å². The smallest absolute Gasteiger partial charge is 0.138 e. The number of thioether (sulfide) groups is 1. The molecular weight excluding hydrogens is 194 g/mol. The fourth-order valence-corrected chi connectivity index (χ4v) is 3.76. The van der Waals surface area contributed by atoms with Gasteiger partial charge in [-0.15, -0.1) is 0 Å². The van der Waals surface area contributed by atoms with Gasteiger partial charge in [0.05, 0.1) is 0 Å². The molecule has 0 aromatic carbocycles.